The lowest BCUT2D eigenvalue weighted by Crippen LogP contribution is -2.07. The van der Waals surface area contributed by atoms with Crippen LogP contribution in [-0.4, -0.2) is 7.05 Å². The van der Waals surface area contributed by atoms with Gasteiger partial charge in [0.25, 0.3) is 0 Å². The third-order valence-electron chi connectivity index (χ3n) is 3.49. The van der Waals surface area contributed by atoms with Crippen molar-refractivity contribution in [3.05, 3.63) is 65.4 Å². The molecule has 0 spiro atoms. The van der Waals surface area contributed by atoms with Crippen LogP contribution in [0.4, 0.5) is 0 Å². The molecule has 0 bridgehead atoms. The fourth-order valence-corrected chi connectivity index (χ4v) is 2.47. The molecule has 1 heterocycles. The van der Waals surface area contributed by atoms with E-state index < -0.39 is 0 Å². The van der Waals surface area contributed by atoms with E-state index in [1.165, 1.54) is 5.56 Å². The summed E-state index contributed by atoms with van der Waals surface area (Å²) in [6.45, 7) is 3.27. The van der Waals surface area contributed by atoms with Crippen molar-refractivity contribution in [2.75, 3.05) is 7.05 Å². The van der Waals surface area contributed by atoms with Crippen molar-refractivity contribution in [2.45, 2.75) is 20.1 Å². The van der Waals surface area contributed by atoms with Gasteiger partial charge < -0.3 is 14.5 Å². The predicted molar refractivity (Wildman–Crippen MR) is 84.5 cm³/mol. The molecule has 0 atom stereocenters. The van der Waals surface area contributed by atoms with Gasteiger partial charge in [-0.05, 0) is 37.7 Å². The second kappa shape index (κ2) is 6.02. The van der Waals surface area contributed by atoms with Gasteiger partial charge in [0.05, 0.1) is 6.54 Å². The van der Waals surface area contributed by atoms with Crippen LogP contribution in [0.5, 0.6) is 5.75 Å². The summed E-state index contributed by atoms with van der Waals surface area (Å²) >= 11 is 0. The number of hydrogen-bond acceptors (Lipinski definition) is 3. The van der Waals surface area contributed by atoms with Gasteiger partial charge in [-0.15, -0.1) is 0 Å². The molecule has 1 aromatic heterocycles. The van der Waals surface area contributed by atoms with E-state index in [1.54, 1.807) is 0 Å². The Kier molecular flexibility index (Phi) is 3.93. The zero-order valence-electron chi connectivity index (χ0n) is 12.3. The van der Waals surface area contributed by atoms with Gasteiger partial charge in [-0.25, -0.2) is 0 Å². The third-order valence-corrected chi connectivity index (χ3v) is 3.49. The maximum atomic E-state index is 5.94. The first kappa shape index (κ1) is 13.7. The molecule has 0 fully saturated rings. The van der Waals surface area contributed by atoms with Gasteiger partial charge in [0.2, 0.25) is 0 Å². The summed E-state index contributed by atoms with van der Waals surface area (Å²) in [4.78, 5) is 0. The Morgan fingerprint density at radius 1 is 1.10 bits per heavy atom. The highest BCUT2D eigenvalue weighted by Gasteiger charge is 2.13. The van der Waals surface area contributed by atoms with Gasteiger partial charge in [-0.2, -0.15) is 0 Å². The van der Waals surface area contributed by atoms with Crippen LogP contribution in [0.2, 0.25) is 0 Å². The molecule has 3 rings (SSSR count). The van der Waals surface area contributed by atoms with Crippen LogP contribution in [0.15, 0.2) is 52.9 Å². The Hall–Kier alpha value is -2.26. The van der Waals surface area contributed by atoms with Gasteiger partial charge >= 0.3 is 0 Å². The maximum Gasteiger partial charge on any atom is 0.134 e. The Morgan fingerprint density at radius 3 is 2.76 bits per heavy atom. The topological polar surface area (TPSA) is 34.4 Å². The SMILES string of the molecule is CNCc1oc2ccccc2c1COc1cccc(C)c1. The van der Waals surface area contributed by atoms with Gasteiger partial charge in [0, 0.05) is 10.9 Å². The monoisotopic (exact) mass is 281 g/mol. The summed E-state index contributed by atoms with van der Waals surface area (Å²) in [5.74, 6) is 1.82. The van der Waals surface area contributed by atoms with E-state index in [2.05, 4.69) is 24.4 Å². The van der Waals surface area contributed by atoms with Gasteiger partial charge in [0.15, 0.2) is 0 Å². The molecule has 0 unspecified atom stereocenters. The summed E-state index contributed by atoms with van der Waals surface area (Å²) < 4.78 is 11.8. The van der Waals surface area contributed by atoms with E-state index in [4.69, 9.17) is 9.15 Å². The van der Waals surface area contributed by atoms with Crippen LogP contribution in [0, 0.1) is 6.92 Å². The summed E-state index contributed by atoms with van der Waals surface area (Å²) in [5.41, 5.74) is 3.21. The molecule has 0 aliphatic heterocycles. The standard InChI is InChI=1S/C18H19NO2/c1-13-6-5-7-14(10-13)20-12-16-15-8-3-4-9-17(15)21-18(16)11-19-2/h3-10,19H,11-12H2,1-2H3. The Morgan fingerprint density at radius 2 is 1.95 bits per heavy atom. The summed E-state index contributed by atoms with van der Waals surface area (Å²) in [6.07, 6.45) is 0. The van der Waals surface area contributed by atoms with E-state index in [1.807, 2.05) is 43.4 Å². The first-order chi connectivity index (χ1) is 10.3. The van der Waals surface area contributed by atoms with Crippen molar-refractivity contribution in [3.63, 3.8) is 0 Å². The van der Waals surface area contributed by atoms with E-state index in [0.29, 0.717) is 13.2 Å². The Bertz CT molecular complexity index is 746. The van der Waals surface area contributed by atoms with Crippen molar-refractivity contribution in [1.82, 2.24) is 5.32 Å². The van der Waals surface area contributed by atoms with E-state index in [9.17, 15) is 0 Å². The summed E-state index contributed by atoms with van der Waals surface area (Å²) in [7, 11) is 1.92. The van der Waals surface area contributed by atoms with Gasteiger partial charge in [-0.1, -0.05) is 30.3 Å². The highest BCUT2D eigenvalue weighted by Crippen LogP contribution is 2.27. The number of furan rings is 1. The van der Waals surface area contributed by atoms with E-state index >= 15 is 0 Å². The van der Waals surface area contributed by atoms with Crippen molar-refractivity contribution < 1.29 is 9.15 Å². The molecular weight excluding hydrogens is 262 g/mol. The zero-order valence-corrected chi connectivity index (χ0v) is 12.3. The van der Waals surface area contributed by atoms with Crippen LogP contribution in [0.3, 0.4) is 0 Å². The Balaban J connectivity index is 1.89. The largest absolute Gasteiger partial charge is 0.489 e. The molecule has 0 saturated heterocycles. The number of hydrogen-bond donors (Lipinski definition) is 1. The van der Waals surface area contributed by atoms with Crippen molar-refractivity contribution >= 4 is 11.0 Å². The third kappa shape index (κ3) is 2.93. The van der Waals surface area contributed by atoms with Crippen LogP contribution in [-0.2, 0) is 13.2 Å². The molecule has 0 radical (unpaired) electrons. The number of rotatable bonds is 5. The van der Waals surface area contributed by atoms with Gasteiger partial charge in [0.1, 0.15) is 23.7 Å². The molecule has 2 aromatic carbocycles. The Labute approximate surface area is 124 Å². The lowest BCUT2D eigenvalue weighted by Gasteiger charge is -2.07. The molecule has 21 heavy (non-hydrogen) atoms. The summed E-state index contributed by atoms with van der Waals surface area (Å²) in [5, 5.41) is 4.26. The second-order valence-electron chi connectivity index (χ2n) is 5.14. The highest BCUT2D eigenvalue weighted by atomic mass is 16.5. The van der Waals surface area contributed by atoms with Crippen molar-refractivity contribution in [2.24, 2.45) is 0 Å². The average Bonchev–Trinajstić information content (AvgIpc) is 2.83. The quantitative estimate of drug-likeness (QED) is 0.766. The minimum absolute atomic E-state index is 0.511. The fourth-order valence-electron chi connectivity index (χ4n) is 2.47. The average molecular weight is 281 g/mol. The smallest absolute Gasteiger partial charge is 0.134 e. The lowest BCUT2D eigenvalue weighted by molar-refractivity contribution is 0.302. The number of ether oxygens (including phenoxy) is 1. The minimum Gasteiger partial charge on any atom is -0.489 e. The lowest BCUT2D eigenvalue weighted by atomic mass is 10.1. The molecule has 3 heteroatoms. The van der Waals surface area contributed by atoms with Crippen LogP contribution in [0.25, 0.3) is 11.0 Å². The molecule has 1 N–H and O–H groups in total. The number of fused-ring (bicyclic) bond motifs is 1. The molecule has 108 valence electrons. The molecule has 0 saturated carbocycles. The number of para-hydroxylation sites is 1. The number of benzene rings is 2. The van der Waals surface area contributed by atoms with Gasteiger partial charge in [-0.3, -0.25) is 0 Å². The number of nitrogens with one attached hydrogen (secondary N) is 1. The van der Waals surface area contributed by atoms with Crippen LogP contribution < -0.4 is 10.1 Å². The first-order valence-electron chi connectivity index (χ1n) is 7.11. The second-order valence-corrected chi connectivity index (χ2v) is 5.14. The molecule has 3 nitrogen and oxygen atoms in total. The molecule has 0 aliphatic rings. The van der Waals surface area contributed by atoms with Crippen LogP contribution >= 0.6 is 0 Å². The summed E-state index contributed by atoms with van der Waals surface area (Å²) in [6, 6.07) is 16.2. The number of aryl methyl sites for hydroxylation is 1. The molecule has 0 aliphatic carbocycles. The van der Waals surface area contributed by atoms with Crippen LogP contribution in [0.1, 0.15) is 16.9 Å². The first-order valence-corrected chi connectivity index (χ1v) is 7.11. The minimum atomic E-state index is 0.511. The molecular formula is C18H19NO2. The predicted octanol–water partition coefficient (Wildman–Crippen LogP) is 4.04. The van der Waals surface area contributed by atoms with Crippen molar-refractivity contribution in [1.29, 1.82) is 0 Å². The maximum absolute atomic E-state index is 5.94. The molecule has 0 amide bonds. The van der Waals surface area contributed by atoms with Crippen molar-refractivity contribution in [3.8, 4) is 5.75 Å². The normalized spacial score (nSPS) is 11.0. The highest BCUT2D eigenvalue weighted by molar-refractivity contribution is 5.82. The zero-order chi connectivity index (χ0) is 14.7. The molecule has 3 aromatic rings. The van der Waals surface area contributed by atoms with E-state index in [-0.39, 0.29) is 0 Å². The van der Waals surface area contributed by atoms with E-state index in [0.717, 1.165) is 28.0 Å². The fraction of sp³-hybridized carbons (Fsp3) is 0.222.